The average molecular weight is 286 g/mol. The van der Waals surface area contributed by atoms with Gasteiger partial charge >= 0.3 is 0 Å². The molecule has 21 heavy (non-hydrogen) atoms. The van der Waals surface area contributed by atoms with Crippen LogP contribution < -0.4 is 16.0 Å². The number of benzene rings is 2. The van der Waals surface area contributed by atoms with E-state index in [0.29, 0.717) is 16.9 Å². The van der Waals surface area contributed by atoms with Crippen LogP contribution in [0.25, 0.3) is 11.0 Å². The third kappa shape index (κ3) is 2.37. The second kappa shape index (κ2) is 5.55. The number of hydrogen-bond donors (Lipinski definition) is 2. The molecule has 1 atom stereocenters. The molecule has 1 aromatic heterocycles. The maximum atomic E-state index is 13.7. The molecule has 5 heteroatoms. The molecule has 3 N–H and O–H groups in total. The Bertz CT molecular complexity index is 770. The molecule has 1 heterocycles. The number of nitrogens with two attached hydrogens (primary N) is 1. The van der Waals surface area contributed by atoms with Gasteiger partial charge in [-0.05, 0) is 18.2 Å². The summed E-state index contributed by atoms with van der Waals surface area (Å²) in [7, 11) is 1.59. The molecule has 0 aliphatic rings. The Morgan fingerprint density at radius 1 is 1.19 bits per heavy atom. The third-order valence-corrected chi connectivity index (χ3v) is 3.42. The maximum Gasteiger partial charge on any atom is 0.169 e. The van der Waals surface area contributed by atoms with Crippen LogP contribution in [0.4, 0.5) is 4.39 Å². The number of hydrazine groups is 1. The van der Waals surface area contributed by atoms with Crippen molar-refractivity contribution in [3.8, 4) is 5.75 Å². The van der Waals surface area contributed by atoms with Crippen LogP contribution in [-0.4, -0.2) is 7.11 Å². The van der Waals surface area contributed by atoms with Gasteiger partial charge in [0, 0.05) is 10.9 Å². The summed E-state index contributed by atoms with van der Waals surface area (Å²) < 4.78 is 24.7. The van der Waals surface area contributed by atoms with Gasteiger partial charge in [-0.15, -0.1) is 0 Å². The SMILES string of the molecule is COc1ccccc1C(NN)c1cc2cccc(F)c2o1. The number of furan rings is 1. The second-order valence-corrected chi connectivity index (χ2v) is 4.65. The van der Waals surface area contributed by atoms with Crippen LogP contribution in [0.1, 0.15) is 17.4 Å². The van der Waals surface area contributed by atoms with Crippen molar-refractivity contribution < 1.29 is 13.5 Å². The molecule has 0 amide bonds. The van der Waals surface area contributed by atoms with Crippen LogP contribution in [0.5, 0.6) is 5.75 Å². The van der Waals surface area contributed by atoms with Crippen LogP contribution in [0.2, 0.25) is 0 Å². The standard InChI is InChI=1S/C16H15FN2O2/c1-20-13-8-3-2-6-11(13)15(19-18)14-9-10-5-4-7-12(17)16(10)21-14/h2-9,15,19H,18H2,1H3. The van der Waals surface area contributed by atoms with E-state index in [9.17, 15) is 4.39 Å². The smallest absolute Gasteiger partial charge is 0.169 e. The Kier molecular flexibility index (Phi) is 3.60. The lowest BCUT2D eigenvalue weighted by atomic mass is 10.0. The highest BCUT2D eigenvalue weighted by atomic mass is 19.1. The van der Waals surface area contributed by atoms with Crippen LogP contribution in [0.15, 0.2) is 52.9 Å². The Morgan fingerprint density at radius 3 is 2.71 bits per heavy atom. The van der Waals surface area contributed by atoms with Crippen molar-refractivity contribution in [1.82, 2.24) is 5.43 Å². The summed E-state index contributed by atoms with van der Waals surface area (Å²) in [5, 5.41) is 0.695. The molecule has 2 aromatic carbocycles. The average Bonchev–Trinajstić information content (AvgIpc) is 2.94. The number of methoxy groups -OCH3 is 1. The predicted molar refractivity (Wildman–Crippen MR) is 78.3 cm³/mol. The third-order valence-electron chi connectivity index (χ3n) is 3.42. The summed E-state index contributed by atoms with van der Waals surface area (Å²) in [6.45, 7) is 0. The van der Waals surface area contributed by atoms with Crippen molar-refractivity contribution in [2.45, 2.75) is 6.04 Å². The molecule has 3 aromatic rings. The molecule has 0 fully saturated rings. The Balaban J connectivity index is 2.12. The van der Waals surface area contributed by atoms with Gasteiger partial charge in [-0.2, -0.15) is 0 Å². The summed E-state index contributed by atoms with van der Waals surface area (Å²) in [5.74, 6) is 6.48. The molecule has 0 saturated heterocycles. The number of fused-ring (bicyclic) bond motifs is 1. The van der Waals surface area contributed by atoms with Gasteiger partial charge in [0.25, 0.3) is 0 Å². The molecule has 0 spiro atoms. The van der Waals surface area contributed by atoms with E-state index in [1.54, 1.807) is 25.3 Å². The fourth-order valence-corrected chi connectivity index (χ4v) is 2.42. The van der Waals surface area contributed by atoms with Crippen LogP contribution in [0.3, 0.4) is 0 Å². The first-order valence-electron chi connectivity index (χ1n) is 6.51. The number of para-hydroxylation sites is 2. The minimum absolute atomic E-state index is 0.225. The summed E-state index contributed by atoms with van der Waals surface area (Å²) >= 11 is 0. The lowest BCUT2D eigenvalue weighted by molar-refractivity contribution is 0.396. The van der Waals surface area contributed by atoms with E-state index in [0.717, 1.165) is 5.56 Å². The summed E-state index contributed by atoms with van der Waals surface area (Å²) in [4.78, 5) is 0. The molecule has 108 valence electrons. The quantitative estimate of drug-likeness (QED) is 0.571. The number of hydrogen-bond acceptors (Lipinski definition) is 4. The van der Waals surface area contributed by atoms with Gasteiger partial charge in [0.05, 0.1) is 7.11 Å². The topological polar surface area (TPSA) is 60.4 Å². The minimum atomic E-state index is -0.423. The van der Waals surface area contributed by atoms with Gasteiger partial charge in [-0.25, -0.2) is 9.82 Å². The largest absolute Gasteiger partial charge is 0.496 e. The number of rotatable bonds is 4. The highest BCUT2D eigenvalue weighted by Gasteiger charge is 2.21. The first kappa shape index (κ1) is 13.6. The molecule has 0 saturated carbocycles. The maximum absolute atomic E-state index is 13.7. The van der Waals surface area contributed by atoms with E-state index >= 15 is 0 Å². The summed E-state index contributed by atoms with van der Waals surface area (Å²) in [6, 6.07) is 13.6. The van der Waals surface area contributed by atoms with Gasteiger partial charge in [-0.1, -0.05) is 30.3 Å². The molecule has 0 bridgehead atoms. The highest BCUT2D eigenvalue weighted by Crippen LogP contribution is 2.33. The van der Waals surface area contributed by atoms with Crippen molar-refractivity contribution in [3.05, 3.63) is 65.7 Å². The van der Waals surface area contributed by atoms with Gasteiger partial charge in [0.1, 0.15) is 17.6 Å². The second-order valence-electron chi connectivity index (χ2n) is 4.65. The number of halogens is 1. The van der Waals surface area contributed by atoms with Crippen molar-refractivity contribution in [3.63, 3.8) is 0 Å². The molecule has 3 rings (SSSR count). The van der Waals surface area contributed by atoms with Crippen molar-refractivity contribution >= 4 is 11.0 Å². The summed E-state index contributed by atoms with van der Waals surface area (Å²) in [5.41, 5.74) is 3.74. The monoisotopic (exact) mass is 286 g/mol. The molecule has 0 aliphatic heterocycles. The summed E-state index contributed by atoms with van der Waals surface area (Å²) in [6.07, 6.45) is 0. The molecule has 0 aliphatic carbocycles. The highest BCUT2D eigenvalue weighted by molar-refractivity contribution is 5.78. The first-order chi connectivity index (χ1) is 10.2. The fraction of sp³-hybridized carbons (Fsp3) is 0.125. The van der Waals surface area contributed by atoms with E-state index in [1.165, 1.54) is 6.07 Å². The van der Waals surface area contributed by atoms with Gasteiger partial charge in [0.2, 0.25) is 0 Å². The van der Waals surface area contributed by atoms with E-state index < -0.39 is 11.9 Å². The normalized spacial score (nSPS) is 12.5. The molecule has 0 radical (unpaired) electrons. The molecule has 4 nitrogen and oxygen atoms in total. The van der Waals surface area contributed by atoms with E-state index in [4.69, 9.17) is 15.0 Å². The minimum Gasteiger partial charge on any atom is -0.496 e. The zero-order valence-electron chi connectivity index (χ0n) is 11.5. The van der Waals surface area contributed by atoms with Crippen molar-refractivity contribution in [2.24, 2.45) is 5.84 Å². The van der Waals surface area contributed by atoms with Crippen molar-refractivity contribution in [1.29, 1.82) is 0 Å². The fourth-order valence-electron chi connectivity index (χ4n) is 2.42. The van der Waals surface area contributed by atoms with Gasteiger partial charge < -0.3 is 9.15 Å². The number of nitrogens with one attached hydrogen (secondary N) is 1. The van der Waals surface area contributed by atoms with E-state index in [-0.39, 0.29) is 5.58 Å². The van der Waals surface area contributed by atoms with Crippen LogP contribution in [0, 0.1) is 5.82 Å². The zero-order chi connectivity index (χ0) is 14.8. The van der Waals surface area contributed by atoms with Crippen LogP contribution >= 0.6 is 0 Å². The predicted octanol–water partition coefficient (Wildman–Crippen LogP) is 3.13. The van der Waals surface area contributed by atoms with Crippen LogP contribution in [-0.2, 0) is 0 Å². The Hall–Kier alpha value is -2.37. The van der Waals surface area contributed by atoms with Gasteiger partial charge in [0.15, 0.2) is 11.4 Å². The Labute approximate surface area is 121 Å². The first-order valence-corrected chi connectivity index (χ1v) is 6.51. The molecule has 1 unspecified atom stereocenters. The lowest BCUT2D eigenvalue weighted by Crippen LogP contribution is -2.28. The molecular weight excluding hydrogens is 271 g/mol. The lowest BCUT2D eigenvalue weighted by Gasteiger charge is -2.16. The molecular formula is C16H15FN2O2. The van der Waals surface area contributed by atoms with E-state index in [2.05, 4.69) is 5.43 Å². The Morgan fingerprint density at radius 2 is 2.00 bits per heavy atom. The van der Waals surface area contributed by atoms with Gasteiger partial charge in [-0.3, -0.25) is 5.84 Å². The van der Waals surface area contributed by atoms with E-state index in [1.807, 2.05) is 24.3 Å². The van der Waals surface area contributed by atoms with Crippen molar-refractivity contribution in [2.75, 3.05) is 7.11 Å². The number of ether oxygens (including phenoxy) is 1. The zero-order valence-corrected chi connectivity index (χ0v) is 11.5.